The fraction of sp³-hybridized carbons (Fsp3) is 0.333. The van der Waals surface area contributed by atoms with Crippen LogP contribution < -0.4 is 9.64 Å². The van der Waals surface area contributed by atoms with Gasteiger partial charge in [-0.05, 0) is 51.0 Å². The van der Waals surface area contributed by atoms with E-state index in [2.05, 4.69) is 62.9 Å². The van der Waals surface area contributed by atoms with E-state index in [1.54, 1.807) is 7.11 Å². The molecule has 0 spiro atoms. The fourth-order valence-electron chi connectivity index (χ4n) is 2.77. The Bertz CT molecular complexity index is 604. The van der Waals surface area contributed by atoms with E-state index < -0.39 is 0 Å². The maximum absolute atomic E-state index is 5.47. The largest absolute Gasteiger partial charge is 0.496 e. The van der Waals surface area contributed by atoms with Crippen molar-refractivity contribution in [3.8, 4) is 5.75 Å². The van der Waals surface area contributed by atoms with E-state index in [9.17, 15) is 0 Å². The summed E-state index contributed by atoms with van der Waals surface area (Å²) in [5, 5.41) is 0. The molecule has 2 heteroatoms. The van der Waals surface area contributed by atoms with Gasteiger partial charge in [-0.25, -0.2) is 0 Å². The summed E-state index contributed by atoms with van der Waals surface area (Å²) < 4.78 is 5.47. The minimum absolute atomic E-state index is 0.930. The minimum Gasteiger partial charge on any atom is -0.496 e. The SMILES string of the molecule is CCN(c1ccccc1C)c1c(C)ccc(OC)c1C. The van der Waals surface area contributed by atoms with Crippen molar-refractivity contribution < 1.29 is 4.74 Å². The Balaban J connectivity index is 2.61. The van der Waals surface area contributed by atoms with E-state index in [0.717, 1.165) is 12.3 Å². The first-order chi connectivity index (χ1) is 9.60. The number of para-hydroxylation sites is 1. The Morgan fingerprint density at radius 3 is 2.25 bits per heavy atom. The Kier molecular flexibility index (Phi) is 4.33. The van der Waals surface area contributed by atoms with Crippen LogP contribution in [0.4, 0.5) is 11.4 Å². The molecule has 20 heavy (non-hydrogen) atoms. The monoisotopic (exact) mass is 269 g/mol. The highest BCUT2D eigenvalue weighted by molar-refractivity contribution is 5.73. The van der Waals surface area contributed by atoms with Gasteiger partial charge in [-0.2, -0.15) is 0 Å². The molecule has 2 nitrogen and oxygen atoms in total. The number of benzene rings is 2. The molecule has 2 aromatic rings. The molecule has 0 aliphatic heterocycles. The Labute approximate surface area is 122 Å². The topological polar surface area (TPSA) is 12.5 Å². The van der Waals surface area contributed by atoms with E-state index in [1.165, 1.54) is 28.1 Å². The van der Waals surface area contributed by atoms with Crippen LogP contribution in [0.25, 0.3) is 0 Å². The van der Waals surface area contributed by atoms with Gasteiger partial charge in [0.2, 0.25) is 0 Å². The normalized spacial score (nSPS) is 10.4. The second-order valence-electron chi connectivity index (χ2n) is 5.09. The maximum Gasteiger partial charge on any atom is 0.123 e. The van der Waals surface area contributed by atoms with Crippen LogP contribution in [-0.2, 0) is 0 Å². The molecule has 0 fully saturated rings. The van der Waals surface area contributed by atoms with Crippen LogP contribution in [0.3, 0.4) is 0 Å². The molecule has 0 aliphatic rings. The number of rotatable bonds is 4. The molecule has 0 N–H and O–H groups in total. The first kappa shape index (κ1) is 14.4. The van der Waals surface area contributed by atoms with Gasteiger partial charge in [-0.15, -0.1) is 0 Å². The Morgan fingerprint density at radius 1 is 0.950 bits per heavy atom. The Hall–Kier alpha value is -1.96. The molecule has 0 aromatic heterocycles. The first-order valence-electron chi connectivity index (χ1n) is 7.07. The molecule has 0 atom stereocenters. The van der Waals surface area contributed by atoms with Gasteiger partial charge in [0.25, 0.3) is 0 Å². The van der Waals surface area contributed by atoms with Gasteiger partial charge in [0.05, 0.1) is 12.8 Å². The van der Waals surface area contributed by atoms with E-state index in [0.29, 0.717) is 0 Å². The van der Waals surface area contributed by atoms with Crippen molar-refractivity contribution in [1.82, 2.24) is 0 Å². The van der Waals surface area contributed by atoms with E-state index in [1.807, 2.05) is 6.07 Å². The number of aryl methyl sites for hydroxylation is 2. The summed E-state index contributed by atoms with van der Waals surface area (Å²) in [6.45, 7) is 9.55. The average Bonchev–Trinajstić information content (AvgIpc) is 2.45. The smallest absolute Gasteiger partial charge is 0.123 e. The molecule has 0 saturated carbocycles. The minimum atomic E-state index is 0.930. The summed E-state index contributed by atoms with van der Waals surface area (Å²) in [4.78, 5) is 2.36. The molecule has 106 valence electrons. The lowest BCUT2D eigenvalue weighted by molar-refractivity contribution is 0.411. The summed E-state index contributed by atoms with van der Waals surface area (Å²) in [7, 11) is 1.73. The lowest BCUT2D eigenvalue weighted by Crippen LogP contribution is -2.19. The highest BCUT2D eigenvalue weighted by Gasteiger charge is 2.16. The first-order valence-corrected chi connectivity index (χ1v) is 7.07. The van der Waals surface area contributed by atoms with Gasteiger partial charge in [-0.3, -0.25) is 0 Å². The molecule has 0 bridgehead atoms. The van der Waals surface area contributed by atoms with Gasteiger partial charge >= 0.3 is 0 Å². The summed E-state index contributed by atoms with van der Waals surface area (Å²) in [5.41, 5.74) is 6.26. The second-order valence-corrected chi connectivity index (χ2v) is 5.09. The molecule has 0 amide bonds. The van der Waals surface area contributed by atoms with Crippen molar-refractivity contribution in [1.29, 1.82) is 0 Å². The lowest BCUT2D eigenvalue weighted by atomic mass is 10.0. The summed E-state index contributed by atoms with van der Waals surface area (Å²) >= 11 is 0. The zero-order chi connectivity index (χ0) is 14.7. The number of hydrogen-bond acceptors (Lipinski definition) is 2. The predicted octanol–water partition coefficient (Wildman–Crippen LogP) is 4.78. The van der Waals surface area contributed by atoms with Crippen LogP contribution in [0.2, 0.25) is 0 Å². The molecular formula is C18H23NO. The second kappa shape index (κ2) is 6.00. The zero-order valence-electron chi connectivity index (χ0n) is 13.0. The van der Waals surface area contributed by atoms with Crippen molar-refractivity contribution in [2.45, 2.75) is 27.7 Å². The molecule has 0 radical (unpaired) electrons. The van der Waals surface area contributed by atoms with Crippen molar-refractivity contribution in [3.63, 3.8) is 0 Å². The molecule has 0 heterocycles. The van der Waals surface area contributed by atoms with Crippen LogP contribution in [0.15, 0.2) is 36.4 Å². The van der Waals surface area contributed by atoms with Crippen LogP contribution in [0.5, 0.6) is 5.75 Å². The number of anilines is 2. The van der Waals surface area contributed by atoms with Gasteiger partial charge in [-0.1, -0.05) is 24.3 Å². The Morgan fingerprint density at radius 2 is 1.65 bits per heavy atom. The summed E-state index contributed by atoms with van der Waals surface area (Å²) in [5.74, 6) is 0.942. The van der Waals surface area contributed by atoms with E-state index >= 15 is 0 Å². The average molecular weight is 269 g/mol. The van der Waals surface area contributed by atoms with Crippen LogP contribution in [-0.4, -0.2) is 13.7 Å². The molecule has 2 rings (SSSR count). The highest BCUT2D eigenvalue weighted by Crippen LogP contribution is 2.37. The number of methoxy groups -OCH3 is 1. The zero-order valence-corrected chi connectivity index (χ0v) is 13.0. The van der Waals surface area contributed by atoms with Crippen molar-refractivity contribution >= 4 is 11.4 Å². The van der Waals surface area contributed by atoms with Crippen LogP contribution in [0, 0.1) is 20.8 Å². The van der Waals surface area contributed by atoms with Gasteiger partial charge < -0.3 is 9.64 Å². The summed E-state index contributed by atoms with van der Waals surface area (Å²) in [6, 6.07) is 12.7. The van der Waals surface area contributed by atoms with Crippen LogP contribution >= 0.6 is 0 Å². The highest BCUT2D eigenvalue weighted by atomic mass is 16.5. The van der Waals surface area contributed by atoms with Crippen molar-refractivity contribution in [2.24, 2.45) is 0 Å². The predicted molar refractivity (Wildman–Crippen MR) is 86.3 cm³/mol. The van der Waals surface area contributed by atoms with Crippen molar-refractivity contribution in [3.05, 3.63) is 53.1 Å². The number of nitrogens with zero attached hydrogens (tertiary/aromatic N) is 1. The summed E-state index contributed by atoms with van der Waals surface area (Å²) in [6.07, 6.45) is 0. The number of hydrogen-bond donors (Lipinski definition) is 0. The molecule has 2 aromatic carbocycles. The molecule has 0 saturated heterocycles. The number of ether oxygens (including phenoxy) is 1. The third-order valence-electron chi connectivity index (χ3n) is 3.80. The molecule has 0 aliphatic carbocycles. The third-order valence-corrected chi connectivity index (χ3v) is 3.80. The van der Waals surface area contributed by atoms with E-state index in [4.69, 9.17) is 4.74 Å². The van der Waals surface area contributed by atoms with Crippen molar-refractivity contribution in [2.75, 3.05) is 18.6 Å². The lowest BCUT2D eigenvalue weighted by Gasteiger charge is -2.29. The fourth-order valence-corrected chi connectivity index (χ4v) is 2.77. The van der Waals surface area contributed by atoms with Crippen LogP contribution in [0.1, 0.15) is 23.6 Å². The molecule has 0 unspecified atom stereocenters. The van der Waals surface area contributed by atoms with E-state index in [-0.39, 0.29) is 0 Å². The maximum atomic E-state index is 5.47. The molecular weight excluding hydrogens is 246 g/mol. The quantitative estimate of drug-likeness (QED) is 0.792. The van der Waals surface area contributed by atoms with Gasteiger partial charge in [0.15, 0.2) is 0 Å². The van der Waals surface area contributed by atoms with Gasteiger partial charge in [0, 0.05) is 17.8 Å². The van der Waals surface area contributed by atoms with Gasteiger partial charge in [0.1, 0.15) is 5.75 Å². The third kappa shape index (κ3) is 2.51. The standard InChI is InChI=1S/C18H23NO/c1-6-19(16-10-8-7-9-13(16)2)18-14(3)11-12-17(20-5)15(18)4/h7-12H,6H2,1-5H3.